The molecule has 1 atom stereocenters. The summed E-state index contributed by atoms with van der Waals surface area (Å²) < 4.78 is 0. The Morgan fingerprint density at radius 2 is 1.88 bits per heavy atom. The van der Waals surface area contributed by atoms with Crippen molar-refractivity contribution in [2.24, 2.45) is 5.92 Å². The third-order valence-electron chi connectivity index (χ3n) is 3.99. The number of hydrogen-bond acceptors (Lipinski definition) is 2. The zero-order chi connectivity index (χ0) is 11.4. The van der Waals surface area contributed by atoms with Crippen LogP contribution in [0, 0.1) is 5.92 Å². The first-order chi connectivity index (χ1) is 7.79. The number of nitrogens with one attached hydrogen (secondary N) is 1. The fourth-order valence-electron chi connectivity index (χ4n) is 2.93. The Morgan fingerprint density at radius 3 is 2.50 bits per heavy atom. The van der Waals surface area contributed by atoms with Crippen LogP contribution in [0.4, 0.5) is 0 Å². The van der Waals surface area contributed by atoms with Gasteiger partial charge in [-0.05, 0) is 19.8 Å². The Morgan fingerprint density at radius 1 is 1.19 bits per heavy atom. The molecule has 16 heavy (non-hydrogen) atoms. The third kappa shape index (κ3) is 2.76. The lowest BCUT2D eigenvalue weighted by Gasteiger charge is -2.36. The van der Waals surface area contributed by atoms with Crippen LogP contribution in [-0.2, 0) is 4.79 Å². The van der Waals surface area contributed by atoms with Crippen molar-refractivity contribution in [2.75, 3.05) is 19.6 Å². The summed E-state index contributed by atoms with van der Waals surface area (Å²) in [6.45, 7) is 4.97. The van der Waals surface area contributed by atoms with Crippen LogP contribution in [0.3, 0.4) is 0 Å². The highest BCUT2D eigenvalue weighted by Crippen LogP contribution is 2.25. The summed E-state index contributed by atoms with van der Waals surface area (Å²) in [7, 11) is 0. The lowest BCUT2D eigenvalue weighted by atomic mass is 9.97. The van der Waals surface area contributed by atoms with Gasteiger partial charge in [0.15, 0.2) is 0 Å². The molecule has 0 bridgehead atoms. The van der Waals surface area contributed by atoms with E-state index in [-0.39, 0.29) is 0 Å². The molecule has 0 radical (unpaired) electrons. The highest BCUT2D eigenvalue weighted by molar-refractivity contribution is 5.79. The number of nitrogens with zero attached hydrogens (tertiary/aromatic N) is 1. The molecule has 92 valence electrons. The summed E-state index contributed by atoms with van der Waals surface area (Å²) in [6.07, 6.45) is 7.38. The Labute approximate surface area is 98.6 Å². The molecule has 0 unspecified atom stereocenters. The SMILES string of the molecule is C[C@H]1CNCCN1C(=O)C1CCCCCC1. The minimum Gasteiger partial charge on any atom is -0.337 e. The van der Waals surface area contributed by atoms with Crippen molar-refractivity contribution in [1.29, 1.82) is 0 Å². The number of hydrogen-bond donors (Lipinski definition) is 1. The molecule has 1 amide bonds. The van der Waals surface area contributed by atoms with E-state index >= 15 is 0 Å². The lowest BCUT2D eigenvalue weighted by Crippen LogP contribution is -2.53. The number of carbonyl (C=O) groups is 1. The van der Waals surface area contributed by atoms with Gasteiger partial charge < -0.3 is 10.2 Å². The van der Waals surface area contributed by atoms with E-state index in [0.717, 1.165) is 32.5 Å². The van der Waals surface area contributed by atoms with Crippen molar-refractivity contribution in [3.05, 3.63) is 0 Å². The number of piperazine rings is 1. The molecule has 0 aromatic carbocycles. The van der Waals surface area contributed by atoms with Gasteiger partial charge in [0.05, 0.1) is 0 Å². The van der Waals surface area contributed by atoms with Gasteiger partial charge in [0.1, 0.15) is 0 Å². The van der Waals surface area contributed by atoms with Crippen molar-refractivity contribution >= 4 is 5.91 Å². The van der Waals surface area contributed by atoms with Gasteiger partial charge in [0, 0.05) is 31.6 Å². The summed E-state index contributed by atoms with van der Waals surface area (Å²) in [6, 6.07) is 0.379. The Balaban J connectivity index is 1.93. The van der Waals surface area contributed by atoms with Crippen LogP contribution in [0.1, 0.15) is 45.4 Å². The summed E-state index contributed by atoms with van der Waals surface area (Å²) in [5.74, 6) is 0.749. The van der Waals surface area contributed by atoms with Crippen LogP contribution in [-0.4, -0.2) is 36.5 Å². The Kier molecular flexibility index (Phi) is 4.22. The second-order valence-electron chi connectivity index (χ2n) is 5.27. The van der Waals surface area contributed by atoms with Crippen LogP contribution in [0.25, 0.3) is 0 Å². The van der Waals surface area contributed by atoms with Crippen LogP contribution < -0.4 is 5.32 Å². The van der Waals surface area contributed by atoms with E-state index in [1.54, 1.807) is 0 Å². The monoisotopic (exact) mass is 224 g/mol. The molecule has 0 aromatic rings. The second-order valence-corrected chi connectivity index (χ2v) is 5.27. The molecule has 1 saturated heterocycles. The fourth-order valence-corrected chi connectivity index (χ4v) is 2.93. The molecule has 1 aliphatic carbocycles. The van der Waals surface area contributed by atoms with Crippen LogP contribution in [0.5, 0.6) is 0 Å². The van der Waals surface area contributed by atoms with Gasteiger partial charge >= 0.3 is 0 Å². The Bertz CT molecular complexity index is 234. The van der Waals surface area contributed by atoms with Crippen molar-refractivity contribution in [1.82, 2.24) is 10.2 Å². The van der Waals surface area contributed by atoms with E-state index in [0.29, 0.717) is 17.9 Å². The molecular formula is C13H24N2O. The normalized spacial score (nSPS) is 28.8. The maximum absolute atomic E-state index is 12.4. The Hall–Kier alpha value is -0.570. The quantitative estimate of drug-likeness (QED) is 0.689. The minimum atomic E-state index is 0.322. The zero-order valence-electron chi connectivity index (χ0n) is 10.4. The van der Waals surface area contributed by atoms with E-state index in [9.17, 15) is 4.79 Å². The van der Waals surface area contributed by atoms with Crippen molar-refractivity contribution in [3.63, 3.8) is 0 Å². The van der Waals surface area contributed by atoms with Crippen LogP contribution in [0.2, 0.25) is 0 Å². The van der Waals surface area contributed by atoms with Gasteiger partial charge in [-0.25, -0.2) is 0 Å². The van der Waals surface area contributed by atoms with E-state index in [1.165, 1.54) is 25.7 Å². The predicted molar refractivity (Wildman–Crippen MR) is 65.2 cm³/mol. The third-order valence-corrected chi connectivity index (χ3v) is 3.99. The minimum absolute atomic E-state index is 0.322. The average molecular weight is 224 g/mol. The van der Waals surface area contributed by atoms with Crippen molar-refractivity contribution < 1.29 is 4.79 Å². The van der Waals surface area contributed by atoms with E-state index in [2.05, 4.69) is 17.1 Å². The van der Waals surface area contributed by atoms with E-state index < -0.39 is 0 Å². The maximum Gasteiger partial charge on any atom is 0.226 e. The molecule has 1 heterocycles. The highest BCUT2D eigenvalue weighted by Gasteiger charge is 2.29. The number of carbonyl (C=O) groups excluding carboxylic acids is 1. The van der Waals surface area contributed by atoms with E-state index in [1.807, 2.05) is 0 Å². The summed E-state index contributed by atoms with van der Waals surface area (Å²) in [4.78, 5) is 14.5. The first-order valence-electron chi connectivity index (χ1n) is 6.80. The first-order valence-corrected chi connectivity index (χ1v) is 6.80. The first kappa shape index (κ1) is 11.9. The molecule has 0 spiro atoms. The molecule has 0 aromatic heterocycles. The molecule has 2 fully saturated rings. The van der Waals surface area contributed by atoms with Gasteiger partial charge in [-0.2, -0.15) is 0 Å². The number of rotatable bonds is 1. The topological polar surface area (TPSA) is 32.3 Å². The molecular weight excluding hydrogens is 200 g/mol. The zero-order valence-corrected chi connectivity index (χ0v) is 10.4. The summed E-state index contributed by atoms with van der Waals surface area (Å²) in [5, 5.41) is 3.34. The fraction of sp³-hybridized carbons (Fsp3) is 0.923. The summed E-state index contributed by atoms with van der Waals surface area (Å²) >= 11 is 0. The van der Waals surface area contributed by atoms with Gasteiger partial charge in [-0.1, -0.05) is 25.7 Å². The lowest BCUT2D eigenvalue weighted by molar-refractivity contribution is -0.138. The molecule has 3 heteroatoms. The molecule has 1 N–H and O–H groups in total. The van der Waals surface area contributed by atoms with Gasteiger partial charge in [-0.15, -0.1) is 0 Å². The molecule has 1 saturated carbocycles. The molecule has 1 aliphatic heterocycles. The average Bonchev–Trinajstić information content (AvgIpc) is 2.57. The smallest absolute Gasteiger partial charge is 0.226 e. The summed E-state index contributed by atoms with van der Waals surface area (Å²) in [5.41, 5.74) is 0. The maximum atomic E-state index is 12.4. The second kappa shape index (κ2) is 5.67. The van der Waals surface area contributed by atoms with Gasteiger partial charge in [0.25, 0.3) is 0 Å². The van der Waals surface area contributed by atoms with Crippen LogP contribution >= 0.6 is 0 Å². The predicted octanol–water partition coefficient (Wildman–Crippen LogP) is 1.78. The molecule has 2 aliphatic rings. The van der Waals surface area contributed by atoms with E-state index in [4.69, 9.17) is 0 Å². The highest BCUT2D eigenvalue weighted by atomic mass is 16.2. The standard InChI is InChI=1S/C13H24N2O/c1-11-10-14-8-9-15(11)13(16)12-6-4-2-3-5-7-12/h11-12,14H,2-10H2,1H3/t11-/m0/s1. The molecule has 3 nitrogen and oxygen atoms in total. The van der Waals surface area contributed by atoms with Crippen LogP contribution in [0.15, 0.2) is 0 Å². The molecule has 2 rings (SSSR count). The number of amides is 1. The van der Waals surface area contributed by atoms with Crippen molar-refractivity contribution in [3.8, 4) is 0 Å². The largest absolute Gasteiger partial charge is 0.337 e. The van der Waals surface area contributed by atoms with Gasteiger partial charge in [-0.3, -0.25) is 4.79 Å². The van der Waals surface area contributed by atoms with Crippen molar-refractivity contribution in [2.45, 2.75) is 51.5 Å². The van der Waals surface area contributed by atoms with Gasteiger partial charge in [0.2, 0.25) is 5.91 Å².